The van der Waals surface area contributed by atoms with E-state index in [2.05, 4.69) is 20.0 Å². The van der Waals surface area contributed by atoms with Crippen molar-refractivity contribution in [2.45, 2.75) is 69.1 Å². The van der Waals surface area contributed by atoms with Crippen LogP contribution in [0.25, 0.3) is 0 Å². The van der Waals surface area contributed by atoms with Crippen LogP contribution in [0.15, 0.2) is 20.0 Å². The highest BCUT2D eigenvalue weighted by Gasteiger charge is 2.48. The Morgan fingerprint density at radius 2 is 1.00 bits per heavy atom. The van der Waals surface area contributed by atoms with E-state index in [-0.39, 0.29) is 11.8 Å². The topological polar surface area (TPSA) is 118 Å². The Hall–Kier alpha value is -2.48. The summed E-state index contributed by atoms with van der Waals surface area (Å²) in [5, 5.41) is 0. The van der Waals surface area contributed by atoms with Crippen LogP contribution in [0.3, 0.4) is 0 Å². The number of isocyanates is 4. The molecule has 0 aliphatic heterocycles. The minimum atomic E-state index is -1.17. The van der Waals surface area contributed by atoms with Gasteiger partial charge in [-0.25, -0.2) is 19.2 Å². The average Bonchev–Trinajstić information content (AvgIpc) is 2.60. The van der Waals surface area contributed by atoms with Gasteiger partial charge in [0, 0.05) is 11.8 Å². The molecular weight excluding hydrogens is 324 g/mol. The Bertz CT molecular complexity index is 587. The van der Waals surface area contributed by atoms with Crippen molar-refractivity contribution in [2.75, 3.05) is 0 Å². The van der Waals surface area contributed by atoms with Crippen molar-refractivity contribution in [3.05, 3.63) is 0 Å². The maximum absolute atomic E-state index is 10.9. The Morgan fingerprint density at radius 3 is 1.32 bits per heavy atom. The molecule has 0 spiro atoms. The summed E-state index contributed by atoms with van der Waals surface area (Å²) < 4.78 is 0. The van der Waals surface area contributed by atoms with Crippen molar-refractivity contribution in [3.8, 4) is 0 Å². The summed E-state index contributed by atoms with van der Waals surface area (Å²) in [5.41, 5.74) is -2.33. The number of nitrogens with zero attached hydrogens (tertiary/aromatic N) is 4. The highest BCUT2D eigenvalue weighted by atomic mass is 16.1. The van der Waals surface area contributed by atoms with Crippen LogP contribution < -0.4 is 0 Å². The molecule has 0 radical (unpaired) electrons. The lowest BCUT2D eigenvalue weighted by atomic mass is 9.69. The molecular formula is C17H20N4O4. The van der Waals surface area contributed by atoms with Gasteiger partial charge in [0.2, 0.25) is 24.3 Å². The molecule has 25 heavy (non-hydrogen) atoms. The summed E-state index contributed by atoms with van der Waals surface area (Å²) in [6.07, 6.45) is 12.4. The summed E-state index contributed by atoms with van der Waals surface area (Å²) in [6.45, 7) is 0. The van der Waals surface area contributed by atoms with Crippen LogP contribution in [0.5, 0.6) is 0 Å². The second-order valence-electron chi connectivity index (χ2n) is 6.69. The first-order valence-corrected chi connectivity index (χ1v) is 8.52. The van der Waals surface area contributed by atoms with Crippen molar-refractivity contribution in [1.29, 1.82) is 0 Å². The highest BCUT2D eigenvalue weighted by molar-refractivity contribution is 5.40. The van der Waals surface area contributed by atoms with Crippen LogP contribution in [0.2, 0.25) is 0 Å². The van der Waals surface area contributed by atoms with Crippen molar-refractivity contribution < 1.29 is 19.2 Å². The molecule has 2 rings (SSSR count). The van der Waals surface area contributed by atoms with Crippen LogP contribution in [0.4, 0.5) is 0 Å². The molecule has 2 unspecified atom stereocenters. The second kappa shape index (κ2) is 8.57. The minimum Gasteiger partial charge on any atom is -0.211 e. The molecule has 0 saturated heterocycles. The lowest BCUT2D eigenvalue weighted by molar-refractivity contribution is 0.109. The molecule has 132 valence electrons. The molecule has 0 aromatic heterocycles. The number of hydrogen-bond acceptors (Lipinski definition) is 8. The predicted octanol–water partition coefficient (Wildman–Crippen LogP) is 2.49. The Labute approximate surface area is 145 Å². The van der Waals surface area contributed by atoms with Gasteiger partial charge in [0.15, 0.2) is 11.3 Å². The van der Waals surface area contributed by atoms with Crippen LogP contribution in [0, 0.1) is 11.8 Å². The summed E-state index contributed by atoms with van der Waals surface area (Å²) in [6, 6.07) is 0. The Kier molecular flexibility index (Phi) is 6.46. The van der Waals surface area contributed by atoms with Gasteiger partial charge in [0.25, 0.3) is 0 Å². The van der Waals surface area contributed by atoms with Crippen molar-refractivity contribution in [2.24, 2.45) is 31.8 Å². The van der Waals surface area contributed by atoms with Gasteiger partial charge < -0.3 is 0 Å². The zero-order chi connectivity index (χ0) is 18.2. The van der Waals surface area contributed by atoms with Crippen molar-refractivity contribution >= 4 is 24.3 Å². The van der Waals surface area contributed by atoms with Gasteiger partial charge in [-0.1, -0.05) is 12.8 Å². The van der Waals surface area contributed by atoms with E-state index in [9.17, 15) is 19.2 Å². The van der Waals surface area contributed by atoms with Gasteiger partial charge in [0.1, 0.15) is 0 Å². The fourth-order valence-electron chi connectivity index (χ4n) is 4.33. The summed E-state index contributed by atoms with van der Waals surface area (Å²) in [4.78, 5) is 59.0. The third-order valence-corrected chi connectivity index (χ3v) is 5.53. The SMILES string of the molecule is O=C=NC1(N=C=O)CCCCC1CC1CCCCC1(N=C=O)N=C=O. The lowest BCUT2D eigenvalue weighted by Crippen LogP contribution is -2.43. The van der Waals surface area contributed by atoms with E-state index in [1.54, 1.807) is 0 Å². The quantitative estimate of drug-likeness (QED) is 0.543. The van der Waals surface area contributed by atoms with E-state index in [1.807, 2.05) is 0 Å². The smallest absolute Gasteiger partial charge is 0.211 e. The molecule has 0 bridgehead atoms. The number of aliphatic imine (C=N–C) groups is 4. The van der Waals surface area contributed by atoms with E-state index >= 15 is 0 Å². The van der Waals surface area contributed by atoms with E-state index in [0.717, 1.165) is 38.5 Å². The molecule has 0 aromatic carbocycles. The van der Waals surface area contributed by atoms with Crippen molar-refractivity contribution in [3.63, 3.8) is 0 Å². The van der Waals surface area contributed by atoms with E-state index in [4.69, 9.17) is 0 Å². The molecule has 0 N–H and O–H groups in total. The van der Waals surface area contributed by atoms with E-state index in [1.165, 1.54) is 24.3 Å². The molecule has 2 fully saturated rings. The van der Waals surface area contributed by atoms with Crippen LogP contribution in [0.1, 0.15) is 57.8 Å². The minimum absolute atomic E-state index is 0.199. The van der Waals surface area contributed by atoms with Gasteiger partial charge in [-0.05, 0) is 44.9 Å². The van der Waals surface area contributed by atoms with Crippen LogP contribution in [-0.4, -0.2) is 35.6 Å². The first-order valence-electron chi connectivity index (χ1n) is 8.52. The fraction of sp³-hybridized carbons (Fsp3) is 0.765. The molecule has 0 aromatic rings. The van der Waals surface area contributed by atoms with Gasteiger partial charge in [-0.15, -0.1) is 0 Å². The first-order chi connectivity index (χ1) is 12.2. The summed E-state index contributed by atoms with van der Waals surface area (Å²) >= 11 is 0. The lowest BCUT2D eigenvalue weighted by Gasteiger charge is -2.42. The molecule has 2 aliphatic carbocycles. The molecule has 0 amide bonds. The maximum atomic E-state index is 10.9. The summed E-state index contributed by atoms with van der Waals surface area (Å²) in [5.74, 6) is -0.398. The van der Waals surface area contributed by atoms with Gasteiger partial charge in [0.05, 0.1) is 0 Å². The second-order valence-corrected chi connectivity index (χ2v) is 6.69. The Balaban J connectivity index is 2.38. The largest absolute Gasteiger partial charge is 0.237 e. The third-order valence-electron chi connectivity index (χ3n) is 5.53. The molecule has 2 saturated carbocycles. The van der Waals surface area contributed by atoms with Gasteiger partial charge >= 0.3 is 0 Å². The molecule has 2 aliphatic rings. The molecule has 2 atom stereocenters. The number of carbonyl (C=O) groups excluding carboxylic acids is 4. The number of rotatable bonds is 6. The number of hydrogen-bond donors (Lipinski definition) is 0. The third kappa shape index (κ3) is 3.96. The molecule has 8 heteroatoms. The van der Waals surface area contributed by atoms with Crippen LogP contribution in [-0.2, 0) is 19.2 Å². The monoisotopic (exact) mass is 344 g/mol. The average molecular weight is 344 g/mol. The first kappa shape index (κ1) is 18.9. The Morgan fingerprint density at radius 1 is 0.640 bits per heavy atom. The normalized spacial score (nSPS) is 34.4. The standard InChI is InChI=1S/C17H20N4O4/c22-10-18-16(19-11-23)7-3-1-5-14(16)9-15-6-2-4-8-17(15,20-12-24)21-13-25/h14-15H,1-9H2. The highest BCUT2D eigenvalue weighted by Crippen LogP contribution is 2.47. The van der Waals surface area contributed by atoms with Crippen LogP contribution >= 0.6 is 0 Å². The molecule has 8 nitrogen and oxygen atoms in total. The predicted molar refractivity (Wildman–Crippen MR) is 86.5 cm³/mol. The van der Waals surface area contributed by atoms with Gasteiger partial charge in [-0.3, -0.25) is 0 Å². The zero-order valence-electron chi connectivity index (χ0n) is 13.9. The van der Waals surface area contributed by atoms with Crippen molar-refractivity contribution in [1.82, 2.24) is 0 Å². The maximum Gasteiger partial charge on any atom is 0.237 e. The zero-order valence-corrected chi connectivity index (χ0v) is 13.9. The van der Waals surface area contributed by atoms with Gasteiger partial charge in [-0.2, -0.15) is 20.0 Å². The van der Waals surface area contributed by atoms with E-state index < -0.39 is 11.3 Å². The fourth-order valence-corrected chi connectivity index (χ4v) is 4.33. The molecule has 0 heterocycles. The summed E-state index contributed by atoms with van der Waals surface area (Å²) in [7, 11) is 0. The van der Waals surface area contributed by atoms with E-state index in [0.29, 0.717) is 19.3 Å².